The van der Waals surface area contributed by atoms with Crippen molar-refractivity contribution < 1.29 is 32.2 Å². The molecule has 0 bridgehead atoms. The van der Waals surface area contributed by atoms with Crippen LogP contribution in [0.15, 0.2) is 86.2 Å². The fraction of sp³-hybridized carbons (Fsp3) is 0.194. The van der Waals surface area contributed by atoms with Crippen LogP contribution in [0, 0.1) is 0 Å². The molecule has 1 aliphatic rings. The van der Waals surface area contributed by atoms with Crippen LogP contribution in [0.5, 0.6) is 11.5 Å². The van der Waals surface area contributed by atoms with Gasteiger partial charge in [-0.3, -0.25) is 9.36 Å². The molecule has 0 N–H and O–H groups in total. The molecule has 1 aliphatic heterocycles. The maximum atomic E-state index is 14.4. The number of fused-ring (bicyclic) bond motifs is 1. The van der Waals surface area contributed by atoms with E-state index in [9.17, 15) is 22.8 Å². The highest BCUT2D eigenvalue weighted by Crippen LogP contribution is 2.39. The van der Waals surface area contributed by atoms with Gasteiger partial charge >= 0.3 is 12.1 Å². The van der Waals surface area contributed by atoms with Crippen LogP contribution >= 0.6 is 50.5 Å². The zero-order chi connectivity index (χ0) is 32.5. The smallest absolute Gasteiger partial charge is 0.434 e. The van der Waals surface area contributed by atoms with Crippen LogP contribution in [0.2, 0.25) is 10.0 Å². The predicted molar refractivity (Wildman–Crippen MR) is 169 cm³/mol. The summed E-state index contributed by atoms with van der Waals surface area (Å²) in [5, 5.41) is 0.841. The van der Waals surface area contributed by atoms with Gasteiger partial charge in [-0.25, -0.2) is 9.79 Å². The van der Waals surface area contributed by atoms with E-state index in [1.165, 1.54) is 44.4 Å². The fourth-order valence-electron chi connectivity index (χ4n) is 4.73. The van der Waals surface area contributed by atoms with Crippen molar-refractivity contribution in [3.05, 3.63) is 123 Å². The summed E-state index contributed by atoms with van der Waals surface area (Å²) in [5.41, 5.74) is -1.55. The molecule has 0 aliphatic carbocycles. The van der Waals surface area contributed by atoms with Crippen molar-refractivity contribution >= 4 is 62.5 Å². The number of hydrogen-bond donors (Lipinski definition) is 0. The summed E-state index contributed by atoms with van der Waals surface area (Å²) in [5.74, 6) is -0.617. The highest BCUT2D eigenvalue weighted by Gasteiger charge is 2.45. The number of methoxy groups -OCH3 is 1. The summed E-state index contributed by atoms with van der Waals surface area (Å²) in [6, 6.07) is 14.7. The van der Waals surface area contributed by atoms with Crippen molar-refractivity contribution in [3.8, 4) is 11.5 Å². The standard InChI is InChI=1S/C31H22BrCl2F3N2O5S/c1-3-43-29(41)24-25(17-7-9-20(33)10-8-17)39-28(40)23(45-30(39)38-27(24)31(35,36)37)13-18-12-19(32)14-22(42-2)26(18)44-15-16-5-4-6-21(34)11-16/h4-14,25H,3,15H2,1-2H3/b23-13-/t25-/m0/s1. The summed E-state index contributed by atoms with van der Waals surface area (Å²) < 4.78 is 61.6. The third kappa shape index (κ3) is 6.99. The van der Waals surface area contributed by atoms with Crippen molar-refractivity contribution in [1.29, 1.82) is 0 Å². The number of carbonyl (C=O) groups is 1. The van der Waals surface area contributed by atoms with Crippen molar-refractivity contribution in [1.82, 2.24) is 4.57 Å². The van der Waals surface area contributed by atoms with Crippen molar-refractivity contribution in [2.75, 3.05) is 13.7 Å². The minimum absolute atomic E-state index is 0.0344. The normalized spacial score (nSPS) is 15.0. The van der Waals surface area contributed by atoms with E-state index in [1.54, 1.807) is 30.3 Å². The van der Waals surface area contributed by atoms with Gasteiger partial charge in [-0.1, -0.05) is 74.7 Å². The Morgan fingerprint density at radius 3 is 2.49 bits per heavy atom. The number of esters is 1. The zero-order valence-corrected chi connectivity index (χ0v) is 27.4. The van der Waals surface area contributed by atoms with Crippen LogP contribution < -0.4 is 24.4 Å². The summed E-state index contributed by atoms with van der Waals surface area (Å²) in [6.07, 6.45) is -3.55. The summed E-state index contributed by atoms with van der Waals surface area (Å²) in [4.78, 5) is 30.6. The average molecular weight is 742 g/mol. The molecular formula is C31H22BrCl2F3N2O5S. The van der Waals surface area contributed by atoms with E-state index in [-0.39, 0.29) is 33.9 Å². The molecule has 14 heteroatoms. The number of nitrogens with zero attached hydrogens (tertiary/aromatic N) is 2. The summed E-state index contributed by atoms with van der Waals surface area (Å²) in [6.45, 7) is 1.39. The lowest BCUT2D eigenvalue weighted by Gasteiger charge is -2.26. The summed E-state index contributed by atoms with van der Waals surface area (Å²) in [7, 11) is 1.45. The van der Waals surface area contributed by atoms with Crippen LogP contribution in [0.3, 0.4) is 0 Å². The fourth-order valence-corrected chi connectivity index (χ4v) is 6.51. The molecule has 0 spiro atoms. The molecule has 234 valence electrons. The first kappa shape index (κ1) is 32.8. The van der Waals surface area contributed by atoms with Crippen molar-refractivity contribution in [2.45, 2.75) is 25.7 Å². The largest absolute Gasteiger partial charge is 0.493 e. The number of alkyl halides is 3. The van der Waals surface area contributed by atoms with E-state index >= 15 is 0 Å². The minimum atomic E-state index is -5.03. The highest BCUT2D eigenvalue weighted by atomic mass is 79.9. The molecule has 0 saturated heterocycles. The maximum absolute atomic E-state index is 14.4. The number of aromatic nitrogens is 1. The van der Waals surface area contributed by atoms with E-state index in [4.69, 9.17) is 37.4 Å². The summed E-state index contributed by atoms with van der Waals surface area (Å²) >= 11 is 16.3. The van der Waals surface area contributed by atoms with Gasteiger partial charge in [0.25, 0.3) is 5.56 Å². The van der Waals surface area contributed by atoms with Gasteiger partial charge < -0.3 is 14.2 Å². The quantitative estimate of drug-likeness (QED) is 0.182. The third-order valence-electron chi connectivity index (χ3n) is 6.61. The van der Waals surface area contributed by atoms with Gasteiger partial charge in [0.2, 0.25) is 0 Å². The number of halogens is 6. The molecule has 1 atom stereocenters. The number of rotatable bonds is 8. The number of benzene rings is 3. The van der Waals surface area contributed by atoms with Gasteiger partial charge in [0.15, 0.2) is 22.0 Å². The van der Waals surface area contributed by atoms with Gasteiger partial charge in [0.05, 0.1) is 29.9 Å². The van der Waals surface area contributed by atoms with Crippen LogP contribution in [-0.4, -0.2) is 30.4 Å². The van der Waals surface area contributed by atoms with Gasteiger partial charge in [-0.15, -0.1) is 0 Å². The number of carbonyl (C=O) groups excluding carboxylic acids is 1. The molecule has 0 radical (unpaired) electrons. The molecule has 3 aromatic carbocycles. The third-order valence-corrected chi connectivity index (χ3v) is 8.54. The van der Waals surface area contributed by atoms with E-state index in [0.29, 0.717) is 25.8 Å². The van der Waals surface area contributed by atoms with Crippen LogP contribution in [-0.2, 0) is 16.1 Å². The Hall–Kier alpha value is -3.58. The molecule has 0 amide bonds. The molecule has 1 aromatic heterocycles. The first-order valence-corrected chi connectivity index (χ1v) is 15.6. The average Bonchev–Trinajstić information content (AvgIpc) is 3.30. The second kappa shape index (κ2) is 13.4. The molecular weight excluding hydrogens is 720 g/mol. The van der Waals surface area contributed by atoms with E-state index in [2.05, 4.69) is 20.9 Å². The molecule has 0 fully saturated rings. The predicted octanol–water partition coefficient (Wildman–Crippen LogP) is 7.00. The SMILES string of the molecule is CCOC(=O)C1=C(C(F)(F)F)N=c2s/c(=C\c3cc(Br)cc(OC)c3OCc3cccc(Cl)c3)c(=O)n2[C@H]1c1ccc(Cl)cc1. The Kier molecular flexibility index (Phi) is 9.78. The molecule has 0 unspecified atom stereocenters. The Morgan fingerprint density at radius 2 is 1.84 bits per heavy atom. The van der Waals surface area contributed by atoms with Gasteiger partial charge in [-0.2, -0.15) is 13.2 Å². The molecule has 45 heavy (non-hydrogen) atoms. The lowest BCUT2D eigenvalue weighted by Crippen LogP contribution is -2.41. The number of thiazole rings is 1. The van der Waals surface area contributed by atoms with Crippen molar-refractivity contribution in [3.63, 3.8) is 0 Å². The van der Waals surface area contributed by atoms with Gasteiger partial charge in [-0.05, 0) is 60.5 Å². The molecule has 4 aromatic rings. The minimum Gasteiger partial charge on any atom is -0.493 e. The number of ether oxygens (including phenoxy) is 3. The Balaban J connectivity index is 1.73. The molecule has 7 nitrogen and oxygen atoms in total. The maximum Gasteiger partial charge on any atom is 0.434 e. The molecule has 5 rings (SSSR count). The second-order valence-electron chi connectivity index (χ2n) is 9.56. The first-order chi connectivity index (χ1) is 21.4. The van der Waals surface area contributed by atoms with E-state index < -0.39 is 35.0 Å². The van der Waals surface area contributed by atoms with E-state index in [1.807, 2.05) is 6.07 Å². The van der Waals surface area contributed by atoms with Crippen molar-refractivity contribution in [2.24, 2.45) is 4.99 Å². The number of hydrogen-bond acceptors (Lipinski definition) is 7. The second-order valence-corrected chi connectivity index (χ2v) is 12.4. The number of allylic oxidation sites excluding steroid dienone is 1. The van der Waals surface area contributed by atoms with Gasteiger partial charge in [0, 0.05) is 20.1 Å². The van der Waals surface area contributed by atoms with Crippen LogP contribution in [0.25, 0.3) is 6.08 Å². The highest BCUT2D eigenvalue weighted by molar-refractivity contribution is 9.10. The Morgan fingerprint density at radius 1 is 1.11 bits per heavy atom. The van der Waals surface area contributed by atoms with Crippen LogP contribution in [0.1, 0.15) is 29.7 Å². The lowest BCUT2D eigenvalue weighted by atomic mass is 9.95. The molecule has 2 heterocycles. The lowest BCUT2D eigenvalue weighted by molar-refractivity contribution is -0.140. The van der Waals surface area contributed by atoms with Crippen LogP contribution in [0.4, 0.5) is 13.2 Å². The Bertz CT molecular complexity index is 1990. The Labute approximate surface area is 276 Å². The molecule has 0 saturated carbocycles. The topological polar surface area (TPSA) is 79.1 Å². The zero-order valence-electron chi connectivity index (χ0n) is 23.5. The van der Waals surface area contributed by atoms with E-state index in [0.717, 1.165) is 21.5 Å². The first-order valence-electron chi connectivity index (χ1n) is 13.2. The van der Waals surface area contributed by atoms with Gasteiger partial charge in [0.1, 0.15) is 6.61 Å². The monoisotopic (exact) mass is 740 g/mol.